The molecule has 0 aromatic heterocycles. The van der Waals surface area contributed by atoms with Crippen LogP contribution in [0.2, 0.25) is 0 Å². The third-order valence-electron chi connectivity index (χ3n) is 4.57. The van der Waals surface area contributed by atoms with E-state index in [9.17, 15) is 18.3 Å². The third-order valence-corrected chi connectivity index (χ3v) is 6.23. The number of phenols is 1. The molecule has 3 rings (SSSR count). The normalized spacial score (nSPS) is 15.1. The maximum absolute atomic E-state index is 12.9. The number of para-hydroxylation sites is 2. The maximum Gasteiger partial charge on any atom is 0.254 e. The minimum absolute atomic E-state index is 0.0832. The molecule has 0 radical (unpaired) electrons. The number of nitrogens with one attached hydrogen (secondary N) is 1. The highest BCUT2D eigenvalue weighted by Crippen LogP contribution is 2.27. The number of hydrogen-bond donors (Lipinski definition) is 2. The average Bonchev–Trinajstić information content (AvgIpc) is 2.67. The second kappa shape index (κ2) is 8.20. The van der Waals surface area contributed by atoms with Crippen molar-refractivity contribution >= 4 is 21.6 Å². The van der Waals surface area contributed by atoms with E-state index in [4.69, 9.17) is 0 Å². The van der Waals surface area contributed by atoms with Gasteiger partial charge in [0.05, 0.1) is 10.6 Å². The molecule has 0 unspecified atom stereocenters. The van der Waals surface area contributed by atoms with Crippen molar-refractivity contribution in [3.63, 3.8) is 0 Å². The summed E-state index contributed by atoms with van der Waals surface area (Å²) in [6.45, 7) is 5.67. The fourth-order valence-corrected chi connectivity index (χ4v) is 4.54. The molecular formula is C20H25N3O4S. The molecule has 28 heavy (non-hydrogen) atoms. The van der Waals surface area contributed by atoms with Gasteiger partial charge in [0.2, 0.25) is 10.0 Å². The van der Waals surface area contributed by atoms with Crippen molar-refractivity contribution in [2.24, 2.45) is 0 Å². The molecule has 1 aliphatic heterocycles. The Hall–Kier alpha value is -2.58. The predicted molar refractivity (Wildman–Crippen MR) is 108 cm³/mol. The quantitative estimate of drug-likeness (QED) is 0.797. The fourth-order valence-electron chi connectivity index (χ4n) is 3.24. The smallest absolute Gasteiger partial charge is 0.254 e. The number of hydrogen-bond acceptors (Lipinski definition) is 5. The van der Waals surface area contributed by atoms with E-state index < -0.39 is 10.0 Å². The zero-order chi connectivity index (χ0) is 20.3. The SMILES string of the molecule is CC(C)NS(=O)(=O)c1cccc(C(=O)N2CCN(c3ccccc3O)CC2)c1. The predicted octanol–water partition coefficient (Wildman–Crippen LogP) is 2.04. The van der Waals surface area contributed by atoms with Crippen molar-refractivity contribution in [3.8, 4) is 5.75 Å². The monoisotopic (exact) mass is 403 g/mol. The first-order chi connectivity index (χ1) is 13.3. The molecule has 2 aromatic carbocycles. The van der Waals surface area contributed by atoms with Gasteiger partial charge in [0.25, 0.3) is 5.91 Å². The summed E-state index contributed by atoms with van der Waals surface area (Å²) in [6, 6.07) is 13.0. The van der Waals surface area contributed by atoms with Crippen LogP contribution in [0.5, 0.6) is 5.75 Å². The molecule has 0 saturated carbocycles. The number of benzene rings is 2. The van der Waals surface area contributed by atoms with Gasteiger partial charge in [0, 0.05) is 37.8 Å². The number of rotatable bonds is 5. The van der Waals surface area contributed by atoms with Crippen LogP contribution in [0.3, 0.4) is 0 Å². The molecule has 1 saturated heterocycles. The van der Waals surface area contributed by atoms with Crippen LogP contribution in [0.15, 0.2) is 53.4 Å². The molecule has 0 bridgehead atoms. The van der Waals surface area contributed by atoms with E-state index >= 15 is 0 Å². The number of sulfonamides is 1. The number of anilines is 1. The number of nitrogens with zero attached hydrogens (tertiary/aromatic N) is 2. The number of aromatic hydroxyl groups is 1. The molecule has 2 aromatic rings. The van der Waals surface area contributed by atoms with Gasteiger partial charge in [-0.3, -0.25) is 4.79 Å². The Kier molecular flexibility index (Phi) is 5.90. The van der Waals surface area contributed by atoms with E-state index in [-0.39, 0.29) is 22.6 Å². The zero-order valence-corrected chi connectivity index (χ0v) is 16.8. The number of phenolic OH excluding ortho intramolecular Hbond substituents is 1. The summed E-state index contributed by atoms with van der Waals surface area (Å²) < 4.78 is 27.2. The highest BCUT2D eigenvalue weighted by molar-refractivity contribution is 7.89. The van der Waals surface area contributed by atoms with Crippen LogP contribution in [0.1, 0.15) is 24.2 Å². The summed E-state index contributed by atoms with van der Waals surface area (Å²) in [5, 5.41) is 10.00. The van der Waals surface area contributed by atoms with Crippen LogP contribution >= 0.6 is 0 Å². The van der Waals surface area contributed by atoms with E-state index in [0.717, 1.165) is 5.69 Å². The Balaban J connectivity index is 1.71. The van der Waals surface area contributed by atoms with Gasteiger partial charge in [0.15, 0.2) is 0 Å². The van der Waals surface area contributed by atoms with E-state index in [0.29, 0.717) is 31.7 Å². The highest BCUT2D eigenvalue weighted by Gasteiger charge is 2.24. The summed E-state index contributed by atoms with van der Waals surface area (Å²) in [4.78, 5) is 16.7. The number of carbonyl (C=O) groups excluding carboxylic acids is 1. The van der Waals surface area contributed by atoms with Crippen molar-refractivity contribution in [2.45, 2.75) is 24.8 Å². The standard InChI is InChI=1S/C20H25N3O4S/c1-15(2)21-28(26,27)17-7-5-6-16(14-17)20(25)23-12-10-22(11-13-23)18-8-3-4-9-19(18)24/h3-9,14-15,21,24H,10-13H2,1-2H3. The molecular weight excluding hydrogens is 378 g/mol. The van der Waals surface area contributed by atoms with Crippen molar-refractivity contribution in [3.05, 3.63) is 54.1 Å². The lowest BCUT2D eigenvalue weighted by Crippen LogP contribution is -2.48. The molecule has 7 nitrogen and oxygen atoms in total. The highest BCUT2D eigenvalue weighted by atomic mass is 32.2. The number of carbonyl (C=O) groups is 1. The van der Waals surface area contributed by atoms with Crippen molar-refractivity contribution in [1.29, 1.82) is 0 Å². The molecule has 2 N–H and O–H groups in total. The topological polar surface area (TPSA) is 90.0 Å². The molecule has 0 aliphatic carbocycles. The van der Waals surface area contributed by atoms with Gasteiger partial charge in [-0.25, -0.2) is 13.1 Å². The van der Waals surface area contributed by atoms with Crippen LogP contribution in [0.4, 0.5) is 5.69 Å². The molecule has 0 atom stereocenters. The Morgan fingerprint density at radius 2 is 1.71 bits per heavy atom. The third kappa shape index (κ3) is 4.45. The van der Waals surface area contributed by atoms with Gasteiger partial charge in [-0.15, -0.1) is 0 Å². The average molecular weight is 404 g/mol. The molecule has 1 amide bonds. The summed E-state index contributed by atoms with van der Waals surface area (Å²) in [7, 11) is -3.65. The van der Waals surface area contributed by atoms with Crippen molar-refractivity contribution in [2.75, 3.05) is 31.1 Å². The fraction of sp³-hybridized carbons (Fsp3) is 0.350. The molecule has 1 aliphatic rings. The summed E-state index contributed by atoms with van der Waals surface area (Å²) >= 11 is 0. The molecule has 1 heterocycles. The first-order valence-corrected chi connectivity index (χ1v) is 10.7. The first kappa shape index (κ1) is 20.2. The van der Waals surface area contributed by atoms with Crippen LogP contribution in [0, 0.1) is 0 Å². The molecule has 8 heteroatoms. The summed E-state index contributed by atoms with van der Waals surface area (Å²) in [6.07, 6.45) is 0. The molecule has 1 fully saturated rings. The minimum atomic E-state index is -3.65. The second-order valence-corrected chi connectivity index (χ2v) is 8.79. The maximum atomic E-state index is 12.9. The zero-order valence-electron chi connectivity index (χ0n) is 16.0. The Bertz CT molecular complexity index is 951. The Morgan fingerprint density at radius 3 is 2.36 bits per heavy atom. The van der Waals surface area contributed by atoms with Gasteiger partial charge in [0.1, 0.15) is 5.75 Å². The Labute approximate surface area is 165 Å². The van der Waals surface area contributed by atoms with Crippen LogP contribution in [0.25, 0.3) is 0 Å². The first-order valence-electron chi connectivity index (χ1n) is 9.22. The largest absolute Gasteiger partial charge is 0.506 e. The van der Waals surface area contributed by atoms with Crippen LogP contribution in [-0.2, 0) is 10.0 Å². The lowest BCUT2D eigenvalue weighted by molar-refractivity contribution is 0.0746. The number of piperazine rings is 1. The van der Waals surface area contributed by atoms with E-state index in [1.54, 1.807) is 43.0 Å². The van der Waals surface area contributed by atoms with Crippen LogP contribution in [-0.4, -0.2) is 56.6 Å². The van der Waals surface area contributed by atoms with E-state index in [1.807, 2.05) is 17.0 Å². The summed E-state index contributed by atoms with van der Waals surface area (Å²) in [5.41, 5.74) is 1.10. The second-order valence-electron chi connectivity index (χ2n) is 7.07. The van der Waals surface area contributed by atoms with Gasteiger partial charge in [-0.2, -0.15) is 0 Å². The van der Waals surface area contributed by atoms with Gasteiger partial charge in [-0.05, 0) is 44.2 Å². The van der Waals surface area contributed by atoms with E-state index in [2.05, 4.69) is 4.72 Å². The molecule has 0 spiro atoms. The summed E-state index contributed by atoms with van der Waals surface area (Å²) in [5.74, 6) is 0.0244. The van der Waals surface area contributed by atoms with Crippen LogP contribution < -0.4 is 9.62 Å². The van der Waals surface area contributed by atoms with Crippen molar-refractivity contribution < 1.29 is 18.3 Å². The number of amides is 1. The molecule has 150 valence electrons. The lowest BCUT2D eigenvalue weighted by Gasteiger charge is -2.36. The Morgan fingerprint density at radius 1 is 1.04 bits per heavy atom. The van der Waals surface area contributed by atoms with Gasteiger partial charge < -0.3 is 14.9 Å². The van der Waals surface area contributed by atoms with Crippen molar-refractivity contribution in [1.82, 2.24) is 9.62 Å². The van der Waals surface area contributed by atoms with E-state index in [1.165, 1.54) is 12.1 Å². The van der Waals surface area contributed by atoms with Gasteiger partial charge in [-0.1, -0.05) is 18.2 Å². The minimum Gasteiger partial charge on any atom is -0.506 e. The van der Waals surface area contributed by atoms with Gasteiger partial charge >= 0.3 is 0 Å². The lowest BCUT2D eigenvalue weighted by atomic mass is 10.1.